The fourth-order valence-electron chi connectivity index (χ4n) is 1.21. The van der Waals surface area contributed by atoms with Crippen LogP contribution in [0.3, 0.4) is 0 Å². The lowest BCUT2D eigenvalue weighted by Crippen LogP contribution is -2.07. The Kier molecular flexibility index (Phi) is 1.77. The molecule has 0 aliphatic carbocycles. The van der Waals surface area contributed by atoms with Crippen molar-refractivity contribution in [3.8, 4) is 5.75 Å². The molecule has 3 heteroatoms. The summed E-state index contributed by atoms with van der Waals surface area (Å²) in [5.74, 6) is 0.992. The fraction of sp³-hybridized carbons (Fsp3) is 0.100. The highest BCUT2D eigenvalue weighted by molar-refractivity contribution is 5.75. The van der Waals surface area contributed by atoms with Gasteiger partial charge in [0.1, 0.15) is 0 Å². The highest BCUT2D eigenvalue weighted by Crippen LogP contribution is 2.29. The molecule has 1 N–H and O–H groups in total. The van der Waals surface area contributed by atoms with Crippen LogP contribution in [0.15, 0.2) is 30.2 Å². The minimum atomic E-state index is 0.302. The Hall–Kier alpha value is -1.77. The van der Waals surface area contributed by atoms with Crippen LogP contribution in [0.1, 0.15) is 5.56 Å². The monoisotopic (exact) mass is 175 g/mol. The van der Waals surface area contributed by atoms with Crippen LogP contribution < -0.4 is 10.1 Å². The lowest BCUT2D eigenvalue weighted by atomic mass is 10.2. The molecule has 0 saturated carbocycles. The van der Waals surface area contributed by atoms with Gasteiger partial charge in [-0.25, -0.2) is 0 Å². The van der Waals surface area contributed by atoms with Gasteiger partial charge in [0, 0.05) is 6.20 Å². The SMILES string of the molecule is Cc1ccc2c(c1)NC=C(C=O)O2. The van der Waals surface area contributed by atoms with Crippen molar-refractivity contribution in [2.24, 2.45) is 0 Å². The summed E-state index contributed by atoms with van der Waals surface area (Å²) in [7, 11) is 0. The van der Waals surface area contributed by atoms with Crippen LogP contribution in [0, 0.1) is 6.92 Å². The first-order chi connectivity index (χ1) is 6.29. The number of nitrogens with one attached hydrogen (secondary N) is 1. The summed E-state index contributed by atoms with van der Waals surface area (Å²) >= 11 is 0. The average molecular weight is 175 g/mol. The predicted molar refractivity (Wildman–Crippen MR) is 49.6 cm³/mol. The number of aryl methyl sites for hydroxylation is 1. The molecule has 66 valence electrons. The molecule has 0 unspecified atom stereocenters. The van der Waals surface area contributed by atoms with Crippen LogP contribution in [-0.2, 0) is 4.79 Å². The van der Waals surface area contributed by atoms with Crippen molar-refractivity contribution < 1.29 is 9.53 Å². The molecular weight excluding hydrogens is 166 g/mol. The van der Waals surface area contributed by atoms with Gasteiger partial charge in [0.25, 0.3) is 0 Å². The van der Waals surface area contributed by atoms with Crippen molar-refractivity contribution in [2.45, 2.75) is 6.92 Å². The van der Waals surface area contributed by atoms with Crippen LogP contribution in [0.25, 0.3) is 0 Å². The molecule has 0 spiro atoms. The summed E-state index contributed by atoms with van der Waals surface area (Å²) in [6.45, 7) is 2.00. The summed E-state index contributed by atoms with van der Waals surface area (Å²) in [6, 6.07) is 5.75. The molecule has 1 aliphatic rings. The molecule has 1 aromatic rings. The van der Waals surface area contributed by atoms with Gasteiger partial charge in [-0.1, -0.05) is 6.07 Å². The zero-order valence-electron chi connectivity index (χ0n) is 7.20. The van der Waals surface area contributed by atoms with E-state index in [1.807, 2.05) is 25.1 Å². The average Bonchev–Trinajstić information content (AvgIpc) is 2.17. The topological polar surface area (TPSA) is 38.3 Å². The maximum Gasteiger partial charge on any atom is 0.186 e. The Labute approximate surface area is 76.0 Å². The van der Waals surface area contributed by atoms with E-state index in [0.717, 1.165) is 11.3 Å². The zero-order chi connectivity index (χ0) is 9.26. The Morgan fingerprint density at radius 3 is 3.08 bits per heavy atom. The van der Waals surface area contributed by atoms with Gasteiger partial charge in [0.05, 0.1) is 5.69 Å². The third-order valence-corrected chi connectivity index (χ3v) is 1.85. The highest BCUT2D eigenvalue weighted by atomic mass is 16.5. The predicted octanol–water partition coefficient (Wildman–Crippen LogP) is 1.84. The highest BCUT2D eigenvalue weighted by Gasteiger charge is 2.10. The van der Waals surface area contributed by atoms with Gasteiger partial charge >= 0.3 is 0 Å². The first kappa shape index (κ1) is 7.86. The normalized spacial score (nSPS) is 13.5. The number of allylic oxidation sites excluding steroid dienone is 1. The largest absolute Gasteiger partial charge is 0.450 e. The number of hydrogen-bond donors (Lipinski definition) is 1. The quantitative estimate of drug-likeness (QED) is 0.662. The molecule has 0 bridgehead atoms. The van der Waals surface area contributed by atoms with Crippen LogP contribution >= 0.6 is 0 Å². The Morgan fingerprint density at radius 2 is 2.31 bits per heavy atom. The number of ether oxygens (including phenoxy) is 1. The molecule has 0 aromatic heterocycles. The standard InChI is InChI=1S/C10H9NO2/c1-7-2-3-10-9(4-7)11-5-8(6-12)13-10/h2-6,11H,1H3. The van der Waals surface area contributed by atoms with E-state index in [1.54, 1.807) is 6.20 Å². The Morgan fingerprint density at radius 1 is 1.46 bits per heavy atom. The molecule has 13 heavy (non-hydrogen) atoms. The minimum absolute atomic E-state index is 0.302. The molecular formula is C10H9NO2. The molecule has 0 amide bonds. The first-order valence-corrected chi connectivity index (χ1v) is 4.00. The van der Waals surface area contributed by atoms with Gasteiger partial charge in [0.15, 0.2) is 17.8 Å². The van der Waals surface area contributed by atoms with Gasteiger partial charge in [-0.2, -0.15) is 0 Å². The van der Waals surface area contributed by atoms with E-state index in [4.69, 9.17) is 4.74 Å². The number of carbonyl (C=O) groups excluding carboxylic acids is 1. The second-order valence-electron chi connectivity index (χ2n) is 2.91. The molecule has 0 radical (unpaired) electrons. The molecule has 0 fully saturated rings. The van der Waals surface area contributed by atoms with Gasteiger partial charge in [0.2, 0.25) is 0 Å². The van der Waals surface area contributed by atoms with E-state index >= 15 is 0 Å². The van der Waals surface area contributed by atoms with E-state index < -0.39 is 0 Å². The fourth-order valence-corrected chi connectivity index (χ4v) is 1.21. The van der Waals surface area contributed by atoms with E-state index in [-0.39, 0.29) is 0 Å². The number of fused-ring (bicyclic) bond motifs is 1. The maximum absolute atomic E-state index is 10.4. The van der Waals surface area contributed by atoms with Gasteiger partial charge in [-0.3, -0.25) is 4.79 Å². The number of anilines is 1. The van der Waals surface area contributed by atoms with Gasteiger partial charge in [-0.15, -0.1) is 0 Å². The van der Waals surface area contributed by atoms with Crippen LogP contribution in [0.2, 0.25) is 0 Å². The van der Waals surface area contributed by atoms with Crippen LogP contribution in [0.4, 0.5) is 5.69 Å². The summed E-state index contributed by atoms with van der Waals surface area (Å²) < 4.78 is 5.27. The van der Waals surface area contributed by atoms with Gasteiger partial charge in [-0.05, 0) is 24.6 Å². The lowest BCUT2D eigenvalue weighted by Gasteiger charge is -2.16. The van der Waals surface area contributed by atoms with Crippen LogP contribution in [0.5, 0.6) is 5.75 Å². The number of hydrogen-bond acceptors (Lipinski definition) is 3. The van der Waals surface area contributed by atoms with Crippen molar-refractivity contribution >= 4 is 12.0 Å². The number of carbonyl (C=O) groups is 1. The molecule has 3 nitrogen and oxygen atoms in total. The number of rotatable bonds is 1. The number of aldehydes is 1. The third kappa shape index (κ3) is 1.40. The molecule has 1 aromatic carbocycles. The summed E-state index contributed by atoms with van der Waals surface area (Å²) in [6.07, 6.45) is 2.23. The Balaban J connectivity index is 2.38. The Bertz CT molecular complexity index is 383. The second-order valence-corrected chi connectivity index (χ2v) is 2.91. The molecule has 0 atom stereocenters. The molecule has 0 saturated heterocycles. The second kappa shape index (κ2) is 2.94. The van der Waals surface area contributed by atoms with Crippen molar-refractivity contribution in [3.05, 3.63) is 35.7 Å². The molecule has 2 rings (SSSR count). The van der Waals surface area contributed by atoms with E-state index in [2.05, 4.69) is 5.32 Å². The lowest BCUT2D eigenvalue weighted by molar-refractivity contribution is -0.106. The first-order valence-electron chi connectivity index (χ1n) is 4.00. The van der Waals surface area contributed by atoms with Crippen molar-refractivity contribution in [3.63, 3.8) is 0 Å². The van der Waals surface area contributed by atoms with Crippen molar-refractivity contribution in [1.29, 1.82) is 0 Å². The van der Waals surface area contributed by atoms with E-state index in [0.29, 0.717) is 17.8 Å². The van der Waals surface area contributed by atoms with Crippen LogP contribution in [-0.4, -0.2) is 6.29 Å². The van der Waals surface area contributed by atoms with E-state index in [9.17, 15) is 4.79 Å². The minimum Gasteiger partial charge on any atom is -0.450 e. The molecule has 1 aliphatic heterocycles. The molecule has 1 heterocycles. The van der Waals surface area contributed by atoms with Crippen molar-refractivity contribution in [1.82, 2.24) is 0 Å². The smallest absolute Gasteiger partial charge is 0.186 e. The van der Waals surface area contributed by atoms with Crippen molar-refractivity contribution in [2.75, 3.05) is 5.32 Å². The zero-order valence-corrected chi connectivity index (χ0v) is 7.20. The number of benzene rings is 1. The summed E-state index contributed by atoms with van der Waals surface area (Å²) in [4.78, 5) is 10.4. The maximum atomic E-state index is 10.4. The third-order valence-electron chi connectivity index (χ3n) is 1.85. The summed E-state index contributed by atoms with van der Waals surface area (Å²) in [5.41, 5.74) is 2.04. The van der Waals surface area contributed by atoms with E-state index in [1.165, 1.54) is 0 Å². The summed E-state index contributed by atoms with van der Waals surface area (Å²) in [5, 5.41) is 2.99. The van der Waals surface area contributed by atoms with Gasteiger partial charge < -0.3 is 10.1 Å².